The second kappa shape index (κ2) is 6.71. The van der Waals surface area contributed by atoms with E-state index in [2.05, 4.69) is 24.3 Å². The Hall–Kier alpha value is -2.88. The molecule has 0 spiro atoms. The quantitative estimate of drug-likeness (QED) is 0.766. The van der Waals surface area contributed by atoms with Crippen molar-refractivity contribution in [3.05, 3.63) is 77.6 Å². The van der Waals surface area contributed by atoms with Crippen molar-refractivity contribution in [2.45, 2.75) is 26.7 Å². The van der Waals surface area contributed by atoms with Crippen molar-refractivity contribution in [2.24, 2.45) is 0 Å². The largest absolute Gasteiger partial charge is 0.322 e. The molecule has 1 amide bonds. The van der Waals surface area contributed by atoms with E-state index in [1.54, 1.807) is 10.9 Å². The van der Waals surface area contributed by atoms with Gasteiger partial charge in [0.25, 0.3) is 5.91 Å². The molecule has 24 heavy (non-hydrogen) atoms. The molecule has 4 nitrogen and oxygen atoms in total. The van der Waals surface area contributed by atoms with E-state index in [1.165, 1.54) is 0 Å². The number of hydrogen-bond acceptors (Lipinski definition) is 2. The van der Waals surface area contributed by atoms with Crippen LogP contribution in [0.4, 0.5) is 5.69 Å². The maximum atomic E-state index is 12.7. The summed E-state index contributed by atoms with van der Waals surface area (Å²) in [5, 5.41) is 7.38. The molecule has 4 heteroatoms. The van der Waals surface area contributed by atoms with E-state index in [-0.39, 0.29) is 5.91 Å². The maximum absolute atomic E-state index is 12.7. The first-order chi connectivity index (χ1) is 11.6. The molecule has 1 aromatic heterocycles. The van der Waals surface area contributed by atoms with Gasteiger partial charge in [0.15, 0.2) is 0 Å². The van der Waals surface area contributed by atoms with Crippen LogP contribution in [0, 0.1) is 6.92 Å². The summed E-state index contributed by atoms with van der Waals surface area (Å²) < 4.78 is 1.78. The zero-order chi connectivity index (χ0) is 17.1. The Balaban J connectivity index is 1.89. The van der Waals surface area contributed by atoms with Gasteiger partial charge < -0.3 is 5.32 Å². The number of hydrogen-bond donors (Lipinski definition) is 1. The third-order valence-corrected chi connectivity index (χ3v) is 4.09. The van der Waals surface area contributed by atoms with Gasteiger partial charge in [-0.2, -0.15) is 5.10 Å². The van der Waals surface area contributed by atoms with Crippen LogP contribution < -0.4 is 5.32 Å². The topological polar surface area (TPSA) is 46.9 Å². The monoisotopic (exact) mass is 319 g/mol. The molecule has 0 aliphatic heterocycles. The molecule has 0 radical (unpaired) electrons. The molecule has 0 atom stereocenters. The minimum atomic E-state index is -0.136. The second-order valence-electron chi connectivity index (χ2n) is 6.09. The summed E-state index contributed by atoms with van der Waals surface area (Å²) in [6.45, 7) is 6.14. The van der Waals surface area contributed by atoms with E-state index in [1.807, 2.05) is 61.5 Å². The molecular formula is C20H21N3O. The number of rotatable bonds is 4. The summed E-state index contributed by atoms with van der Waals surface area (Å²) in [5.41, 5.74) is 4.32. The molecule has 0 saturated heterocycles. The Morgan fingerprint density at radius 2 is 1.71 bits per heavy atom. The van der Waals surface area contributed by atoms with Crippen LogP contribution in [0.1, 0.15) is 41.4 Å². The molecule has 0 bridgehead atoms. The van der Waals surface area contributed by atoms with Gasteiger partial charge in [-0.15, -0.1) is 0 Å². The molecule has 0 aliphatic carbocycles. The van der Waals surface area contributed by atoms with E-state index in [0.29, 0.717) is 11.5 Å². The number of carbonyl (C=O) groups is 1. The van der Waals surface area contributed by atoms with Crippen molar-refractivity contribution in [2.75, 3.05) is 5.32 Å². The van der Waals surface area contributed by atoms with Gasteiger partial charge in [0.05, 0.1) is 23.1 Å². The molecule has 3 rings (SSSR count). The summed E-state index contributed by atoms with van der Waals surface area (Å²) in [7, 11) is 0. The Bertz CT molecular complexity index is 850. The van der Waals surface area contributed by atoms with Crippen molar-refractivity contribution in [1.29, 1.82) is 0 Å². The molecule has 0 aliphatic rings. The number of amides is 1. The Labute approximate surface area is 142 Å². The number of aromatic nitrogens is 2. The average Bonchev–Trinajstić information content (AvgIpc) is 2.97. The lowest BCUT2D eigenvalue weighted by molar-refractivity contribution is 0.102. The third kappa shape index (κ3) is 3.08. The van der Waals surface area contributed by atoms with Gasteiger partial charge >= 0.3 is 0 Å². The first-order valence-corrected chi connectivity index (χ1v) is 8.08. The zero-order valence-electron chi connectivity index (χ0n) is 14.2. The molecule has 2 aromatic carbocycles. The first kappa shape index (κ1) is 16.0. The standard InChI is InChI=1S/C20H21N3O/c1-14(2)17-11-7-8-12-19(17)22-20(24)18-13-21-23(15(18)3)16-9-5-4-6-10-16/h4-14H,1-3H3,(H,22,24). The molecule has 0 unspecified atom stereocenters. The number of carbonyl (C=O) groups excluding carboxylic acids is 1. The van der Waals surface area contributed by atoms with E-state index in [4.69, 9.17) is 0 Å². The SMILES string of the molecule is Cc1c(C(=O)Nc2ccccc2C(C)C)cnn1-c1ccccc1. The van der Waals surface area contributed by atoms with Gasteiger partial charge in [0.2, 0.25) is 0 Å². The van der Waals surface area contributed by atoms with Crippen molar-refractivity contribution in [1.82, 2.24) is 9.78 Å². The Kier molecular flexibility index (Phi) is 4.47. The highest BCUT2D eigenvalue weighted by atomic mass is 16.1. The predicted molar refractivity (Wildman–Crippen MR) is 96.8 cm³/mol. The van der Waals surface area contributed by atoms with Gasteiger partial charge in [0.1, 0.15) is 0 Å². The first-order valence-electron chi connectivity index (χ1n) is 8.08. The normalized spacial score (nSPS) is 10.8. The Morgan fingerprint density at radius 3 is 2.42 bits per heavy atom. The van der Waals surface area contributed by atoms with Crippen molar-refractivity contribution in [3.8, 4) is 5.69 Å². The van der Waals surface area contributed by atoms with Crippen molar-refractivity contribution >= 4 is 11.6 Å². The summed E-state index contributed by atoms with van der Waals surface area (Å²) in [6, 6.07) is 17.7. The van der Waals surface area contributed by atoms with Crippen LogP contribution in [0.25, 0.3) is 5.69 Å². The summed E-state index contributed by atoms with van der Waals surface area (Å²) in [6.07, 6.45) is 1.62. The number of anilines is 1. The van der Waals surface area contributed by atoms with E-state index < -0.39 is 0 Å². The maximum Gasteiger partial charge on any atom is 0.259 e. The lowest BCUT2D eigenvalue weighted by Gasteiger charge is -2.13. The molecule has 1 heterocycles. The fourth-order valence-corrected chi connectivity index (χ4v) is 2.77. The van der Waals surface area contributed by atoms with Crippen LogP contribution in [0.3, 0.4) is 0 Å². The molecular weight excluding hydrogens is 298 g/mol. The second-order valence-corrected chi connectivity index (χ2v) is 6.09. The number of nitrogens with one attached hydrogen (secondary N) is 1. The van der Waals surface area contributed by atoms with Gasteiger partial charge in [-0.3, -0.25) is 4.79 Å². The fraction of sp³-hybridized carbons (Fsp3) is 0.200. The minimum Gasteiger partial charge on any atom is -0.322 e. The smallest absolute Gasteiger partial charge is 0.259 e. The van der Waals surface area contributed by atoms with Gasteiger partial charge in [-0.25, -0.2) is 4.68 Å². The minimum absolute atomic E-state index is 0.136. The highest BCUT2D eigenvalue weighted by Gasteiger charge is 2.16. The predicted octanol–water partition coefficient (Wildman–Crippen LogP) is 4.56. The summed E-state index contributed by atoms with van der Waals surface area (Å²) in [4.78, 5) is 12.7. The molecule has 0 saturated carbocycles. The lowest BCUT2D eigenvalue weighted by atomic mass is 10.0. The van der Waals surface area contributed by atoms with Crippen molar-refractivity contribution < 1.29 is 4.79 Å². The fourth-order valence-electron chi connectivity index (χ4n) is 2.77. The van der Waals surface area contributed by atoms with Crippen LogP contribution in [-0.4, -0.2) is 15.7 Å². The highest BCUT2D eigenvalue weighted by Crippen LogP contribution is 2.24. The molecule has 3 aromatic rings. The molecule has 1 N–H and O–H groups in total. The van der Waals surface area contributed by atoms with Crippen LogP contribution in [-0.2, 0) is 0 Å². The van der Waals surface area contributed by atoms with E-state index in [9.17, 15) is 4.79 Å². The highest BCUT2D eigenvalue weighted by molar-refractivity contribution is 6.05. The number of benzene rings is 2. The van der Waals surface area contributed by atoms with E-state index in [0.717, 1.165) is 22.6 Å². The van der Waals surface area contributed by atoms with Crippen LogP contribution in [0.2, 0.25) is 0 Å². The van der Waals surface area contributed by atoms with Gasteiger partial charge in [-0.05, 0) is 36.6 Å². The summed E-state index contributed by atoms with van der Waals surface area (Å²) >= 11 is 0. The van der Waals surface area contributed by atoms with Crippen LogP contribution in [0.15, 0.2) is 60.8 Å². The average molecular weight is 319 g/mol. The number of nitrogens with zero attached hydrogens (tertiary/aromatic N) is 2. The Morgan fingerprint density at radius 1 is 1.04 bits per heavy atom. The van der Waals surface area contributed by atoms with E-state index >= 15 is 0 Å². The molecule has 0 fully saturated rings. The molecule has 122 valence electrons. The third-order valence-electron chi connectivity index (χ3n) is 4.09. The van der Waals surface area contributed by atoms with Crippen LogP contribution >= 0.6 is 0 Å². The van der Waals surface area contributed by atoms with Gasteiger partial charge in [0, 0.05) is 5.69 Å². The lowest BCUT2D eigenvalue weighted by Crippen LogP contribution is -2.14. The van der Waals surface area contributed by atoms with Gasteiger partial charge in [-0.1, -0.05) is 50.2 Å². The summed E-state index contributed by atoms with van der Waals surface area (Å²) in [5.74, 6) is 0.206. The van der Waals surface area contributed by atoms with Crippen molar-refractivity contribution in [3.63, 3.8) is 0 Å². The zero-order valence-corrected chi connectivity index (χ0v) is 14.2. The van der Waals surface area contributed by atoms with Crippen LogP contribution in [0.5, 0.6) is 0 Å². The number of para-hydroxylation sites is 2.